The molecule has 1 amide bonds. The van der Waals surface area contributed by atoms with Gasteiger partial charge in [0.1, 0.15) is 6.10 Å². The Kier molecular flexibility index (Phi) is 9.06. The summed E-state index contributed by atoms with van der Waals surface area (Å²) in [7, 11) is -3.89. The Bertz CT molecular complexity index is 1270. The summed E-state index contributed by atoms with van der Waals surface area (Å²) < 4.78 is 34.4. The van der Waals surface area contributed by atoms with Gasteiger partial charge in [0.05, 0.1) is 24.4 Å². The smallest absolute Gasteiger partial charge is 0.407 e. The number of hydrogen-bond acceptors (Lipinski definition) is 7. The van der Waals surface area contributed by atoms with Gasteiger partial charge in [-0.3, -0.25) is 4.68 Å². The summed E-state index contributed by atoms with van der Waals surface area (Å²) in [6.07, 6.45) is 0.774. The lowest BCUT2D eigenvalue weighted by atomic mass is 9.89. The van der Waals surface area contributed by atoms with E-state index < -0.39 is 39.8 Å². The van der Waals surface area contributed by atoms with E-state index in [2.05, 4.69) is 20.1 Å². The lowest BCUT2D eigenvalue weighted by Gasteiger charge is -2.31. The molecule has 0 aliphatic heterocycles. The average Bonchev–Trinajstić information content (AvgIpc) is 3.31. The maximum atomic E-state index is 12.7. The summed E-state index contributed by atoms with van der Waals surface area (Å²) in [5, 5.41) is 17.5. The topological polar surface area (TPSA) is 135 Å². The third-order valence-corrected chi connectivity index (χ3v) is 7.21. The minimum Gasteiger partial charge on any atom is -0.444 e. The number of rotatable bonds is 10. The van der Waals surface area contributed by atoms with Gasteiger partial charge in [-0.1, -0.05) is 56.7 Å². The molecule has 200 valence electrons. The highest BCUT2D eigenvalue weighted by Crippen LogP contribution is 2.25. The van der Waals surface area contributed by atoms with Gasteiger partial charge in [-0.05, 0) is 32.0 Å². The van der Waals surface area contributed by atoms with Crippen LogP contribution in [0.25, 0.3) is 11.3 Å². The number of amides is 1. The van der Waals surface area contributed by atoms with Crippen LogP contribution in [-0.4, -0.2) is 59.2 Å². The highest BCUT2D eigenvalue weighted by molar-refractivity contribution is 7.89. The van der Waals surface area contributed by atoms with Crippen molar-refractivity contribution in [3.05, 3.63) is 66.5 Å². The first-order valence-corrected chi connectivity index (χ1v) is 13.5. The van der Waals surface area contributed by atoms with Crippen LogP contribution in [0.3, 0.4) is 0 Å². The molecule has 0 saturated heterocycles. The summed E-state index contributed by atoms with van der Waals surface area (Å²) in [5.74, 6) is 0. The number of ether oxygens (including phenoxy) is 1. The van der Waals surface area contributed by atoms with Crippen LogP contribution < -0.4 is 10.0 Å². The van der Waals surface area contributed by atoms with Gasteiger partial charge in [0.2, 0.25) is 0 Å². The lowest BCUT2D eigenvalue weighted by molar-refractivity contribution is 0.0137. The van der Waals surface area contributed by atoms with E-state index in [0.717, 1.165) is 11.3 Å². The number of carbonyl (C=O) groups excluding carboxylic acids is 1. The van der Waals surface area contributed by atoms with E-state index in [0.29, 0.717) is 6.54 Å². The molecule has 0 bridgehead atoms. The van der Waals surface area contributed by atoms with Crippen molar-refractivity contribution in [2.75, 3.05) is 6.54 Å². The minimum absolute atomic E-state index is 0.153. The van der Waals surface area contributed by atoms with E-state index in [4.69, 9.17) is 4.74 Å². The SMILES string of the molecule is Cc1ccc(-c2ccn(C[C@@H](OC(=O)N[C@@H](C)[C@@H](O)CNS(=O)(=O)c3ccccn3)C(C)(C)C)n2)cc1. The molecule has 0 unspecified atom stereocenters. The molecule has 10 nitrogen and oxygen atoms in total. The number of aliphatic hydroxyl groups excluding tert-OH is 1. The van der Waals surface area contributed by atoms with Gasteiger partial charge >= 0.3 is 6.09 Å². The first-order chi connectivity index (χ1) is 17.3. The second-order valence-corrected chi connectivity index (χ2v) is 11.8. The van der Waals surface area contributed by atoms with E-state index in [1.54, 1.807) is 23.7 Å². The molecule has 11 heteroatoms. The Morgan fingerprint density at radius 3 is 2.46 bits per heavy atom. The van der Waals surface area contributed by atoms with Crippen molar-refractivity contribution >= 4 is 16.1 Å². The number of hydrogen-bond donors (Lipinski definition) is 3. The van der Waals surface area contributed by atoms with E-state index in [1.807, 2.05) is 64.2 Å². The highest BCUT2D eigenvalue weighted by atomic mass is 32.2. The molecule has 2 heterocycles. The number of aryl methyl sites for hydroxylation is 1. The second-order valence-electron chi connectivity index (χ2n) is 10.1. The zero-order valence-corrected chi connectivity index (χ0v) is 22.6. The van der Waals surface area contributed by atoms with Gasteiger partial charge in [0.25, 0.3) is 10.0 Å². The number of nitrogens with zero attached hydrogens (tertiary/aromatic N) is 3. The second kappa shape index (κ2) is 11.8. The average molecular weight is 530 g/mol. The molecule has 0 radical (unpaired) electrons. The lowest BCUT2D eigenvalue weighted by Crippen LogP contribution is -2.48. The molecular weight excluding hydrogens is 494 g/mol. The molecule has 0 aliphatic rings. The van der Waals surface area contributed by atoms with Crippen LogP contribution in [0.15, 0.2) is 66.0 Å². The van der Waals surface area contributed by atoms with E-state index in [-0.39, 0.29) is 11.6 Å². The zero-order chi connectivity index (χ0) is 27.2. The molecule has 0 fully saturated rings. The molecule has 0 saturated carbocycles. The van der Waals surface area contributed by atoms with Crippen LogP contribution in [0.4, 0.5) is 4.79 Å². The molecule has 37 heavy (non-hydrogen) atoms. The Morgan fingerprint density at radius 1 is 1.14 bits per heavy atom. The molecular formula is C26H35N5O5S. The van der Waals surface area contributed by atoms with Gasteiger partial charge < -0.3 is 15.2 Å². The first-order valence-electron chi connectivity index (χ1n) is 12.0. The zero-order valence-electron chi connectivity index (χ0n) is 21.7. The third kappa shape index (κ3) is 8.11. The van der Waals surface area contributed by atoms with E-state index in [1.165, 1.54) is 17.8 Å². The van der Waals surface area contributed by atoms with Crippen LogP contribution in [0.5, 0.6) is 0 Å². The third-order valence-electron chi connectivity index (χ3n) is 5.87. The predicted octanol–water partition coefficient (Wildman–Crippen LogP) is 3.12. The summed E-state index contributed by atoms with van der Waals surface area (Å²) in [4.78, 5) is 16.5. The highest BCUT2D eigenvalue weighted by Gasteiger charge is 2.30. The Labute approximate surface area is 218 Å². The van der Waals surface area contributed by atoms with Gasteiger partial charge in [0.15, 0.2) is 5.03 Å². The molecule has 0 spiro atoms. The number of sulfonamides is 1. The van der Waals surface area contributed by atoms with Crippen molar-refractivity contribution in [3.63, 3.8) is 0 Å². The molecule has 2 aromatic heterocycles. The van der Waals surface area contributed by atoms with Crippen LogP contribution in [-0.2, 0) is 21.3 Å². The summed E-state index contributed by atoms with van der Waals surface area (Å²) >= 11 is 0. The predicted molar refractivity (Wildman–Crippen MR) is 140 cm³/mol. The van der Waals surface area contributed by atoms with Gasteiger partial charge in [-0.2, -0.15) is 5.10 Å². The molecule has 3 atom stereocenters. The molecule has 3 rings (SSSR count). The largest absolute Gasteiger partial charge is 0.444 e. The monoisotopic (exact) mass is 529 g/mol. The van der Waals surface area contributed by atoms with Crippen LogP contribution in [0.1, 0.15) is 33.3 Å². The fraction of sp³-hybridized carbons (Fsp3) is 0.423. The standard InChI is InChI=1S/C26H35N5O5S/c1-18-9-11-20(12-10-18)21-13-15-31(30-21)17-23(26(3,4)5)36-25(33)29-19(2)22(32)16-28-37(34,35)24-8-6-7-14-27-24/h6-15,19,22-23,28,32H,16-17H2,1-5H3,(H,29,33)/t19-,22-,23+/m0/s1. The fourth-order valence-corrected chi connectivity index (χ4v) is 4.39. The Hall–Kier alpha value is -3.28. The van der Waals surface area contributed by atoms with Crippen molar-refractivity contribution in [2.24, 2.45) is 5.41 Å². The number of nitrogens with one attached hydrogen (secondary N) is 2. The normalized spacial score (nSPS) is 14.5. The molecule has 1 aromatic carbocycles. The summed E-state index contributed by atoms with van der Waals surface area (Å²) in [6, 6.07) is 13.7. The van der Waals surface area contributed by atoms with Crippen molar-refractivity contribution in [1.82, 2.24) is 24.8 Å². The number of benzene rings is 1. The fourth-order valence-electron chi connectivity index (χ4n) is 3.40. The van der Waals surface area contributed by atoms with Gasteiger partial charge in [-0.25, -0.2) is 22.9 Å². The maximum Gasteiger partial charge on any atom is 0.407 e. The number of pyridine rings is 1. The van der Waals surface area contributed by atoms with Gasteiger partial charge in [0, 0.05) is 29.9 Å². The van der Waals surface area contributed by atoms with Crippen LogP contribution in [0.2, 0.25) is 0 Å². The molecule has 3 N–H and O–H groups in total. The first kappa shape index (κ1) is 28.3. The number of alkyl carbamates (subject to hydrolysis) is 1. The summed E-state index contributed by atoms with van der Waals surface area (Å²) in [5.41, 5.74) is 2.59. The Balaban J connectivity index is 1.57. The molecule has 0 aliphatic carbocycles. The maximum absolute atomic E-state index is 12.7. The summed E-state index contributed by atoms with van der Waals surface area (Å²) in [6.45, 7) is 9.50. The van der Waals surface area contributed by atoms with Crippen LogP contribution >= 0.6 is 0 Å². The van der Waals surface area contributed by atoms with Crippen molar-refractivity contribution in [3.8, 4) is 11.3 Å². The Morgan fingerprint density at radius 2 is 1.84 bits per heavy atom. The van der Waals surface area contributed by atoms with Crippen molar-refractivity contribution in [2.45, 2.75) is 64.4 Å². The minimum atomic E-state index is -3.89. The van der Waals surface area contributed by atoms with E-state index in [9.17, 15) is 18.3 Å². The van der Waals surface area contributed by atoms with Crippen molar-refractivity contribution in [1.29, 1.82) is 0 Å². The number of carbonyl (C=O) groups is 1. The van der Waals surface area contributed by atoms with Crippen LogP contribution in [0, 0.1) is 12.3 Å². The molecule has 3 aromatic rings. The quantitative estimate of drug-likeness (QED) is 0.367. The number of aromatic nitrogens is 3. The van der Waals surface area contributed by atoms with Gasteiger partial charge in [-0.15, -0.1) is 0 Å². The number of aliphatic hydroxyl groups is 1. The van der Waals surface area contributed by atoms with Crippen molar-refractivity contribution < 1.29 is 23.1 Å². The van der Waals surface area contributed by atoms with E-state index >= 15 is 0 Å².